The monoisotopic (exact) mass is 310 g/mol. The molecular weight excluding hydrogens is 284 g/mol. The van der Waals surface area contributed by atoms with Crippen LogP contribution in [0, 0.1) is 11.8 Å². The molecule has 3 heteroatoms. The molecule has 1 aromatic heterocycles. The van der Waals surface area contributed by atoms with Crippen molar-refractivity contribution in [3.05, 3.63) is 36.0 Å². The molecule has 1 amide bonds. The Labute approximate surface area is 138 Å². The van der Waals surface area contributed by atoms with Crippen LogP contribution in [0.25, 0.3) is 10.9 Å². The lowest BCUT2D eigenvalue weighted by molar-refractivity contribution is -0.134. The van der Waals surface area contributed by atoms with E-state index < -0.39 is 0 Å². The van der Waals surface area contributed by atoms with Crippen LogP contribution in [0.2, 0.25) is 0 Å². The van der Waals surface area contributed by atoms with Gasteiger partial charge in [0.05, 0.1) is 0 Å². The SMILES string of the molecule is O=C(CCc1c[nH]c2ccccc12)N1CCC2CCCCC2C1. The van der Waals surface area contributed by atoms with Gasteiger partial charge in [-0.05, 0) is 42.7 Å². The van der Waals surface area contributed by atoms with Gasteiger partial charge in [0.15, 0.2) is 0 Å². The van der Waals surface area contributed by atoms with Crippen LogP contribution in [0.3, 0.4) is 0 Å². The fourth-order valence-corrected chi connectivity index (χ4v) is 4.57. The Hall–Kier alpha value is -1.77. The predicted octanol–water partition coefficient (Wildman–Crippen LogP) is 4.14. The number of likely N-dealkylation sites (tertiary alicyclic amines) is 1. The number of aromatic amines is 1. The molecule has 0 spiro atoms. The average molecular weight is 310 g/mol. The minimum absolute atomic E-state index is 0.347. The van der Waals surface area contributed by atoms with E-state index in [1.54, 1.807) is 0 Å². The predicted molar refractivity (Wildman–Crippen MR) is 93.3 cm³/mol. The summed E-state index contributed by atoms with van der Waals surface area (Å²) in [5.41, 5.74) is 2.43. The minimum Gasteiger partial charge on any atom is -0.361 e. The molecule has 1 saturated carbocycles. The molecular formula is C20H26N2O. The van der Waals surface area contributed by atoms with Gasteiger partial charge < -0.3 is 9.88 Å². The number of fused-ring (bicyclic) bond motifs is 2. The summed E-state index contributed by atoms with van der Waals surface area (Å²) in [6.45, 7) is 1.99. The number of rotatable bonds is 3. The molecule has 2 atom stereocenters. The third-order valence-corrected chi connectivity index (χ3v) is 5.93. The number of hydrogen-bond acceptors (Lipinski definition) is 1. The van der Waals surface area contributed by atoms with Crippen molar-refractivity contribution in [2.24, 2.45) is 11.8 Å². The van der Waals surface area contributed by atoms with Crippen molar-refractivity contribution in [3.63, 3.8) is 0 Å². The van der Waals surface area contributed by atoms with Gasteiger partial charge in [-0.25, -0.2) is 0 Å². The van der Waals surface area contributed by atoms with Crippen LogP contribution in [0.1, 0.15) is 44.1 Å². The first kappa shape index (κ1) is 14.8. The Morgan fingerprint density at radius 1 is 1.13 bits per heavy atom. The van der Waals surface area contributed by atoms with Crippen LogP contribution in [0.15, 0.2) is 30.5 Å². The molecule has 4 rings (SSSR count). The molecule has 1 aromatic carbocycles. The summed E-state index contributed by atoms with van der Waals surface area (Å²) in [6.07, 6.45) is 10.2. The number of nitrogens with one attached hydrogen (secondary N) is 1. The number of nitrogens with zero attached hydrogens (tertiary/aromatic N) is 1. The number of carbonyl (C=O) groups excluding carboxylic acids is 1. The van der Waals surface area contributed by atoms with E-state index in [4.69, 9.17) is 0 Å². The molecule has 1 N–H and O–H groups in total. The van der Waals surface area contributed by atoms with Gasteiger partial charge in [-0.3, -0.25) is 4.79 Å². The van der Waals surface area contributed by atoms with Gasteiger partial charge in [-0.1, -0.05) is 37.5 Å². The quantitative estimate of drug-likeness (QED) is 0.908. The van der Waals surface area contributed by atoms with E-state index >= 15 is 0 Å². The summed E-state index contributed by atoms with van der Waals surface area (Å²) >= 11 is 0. The summed E-state index contributed by atoms with van der Waals surface area (Å²) in [6, 6.07) is 8.34. The molecule has 2 aliphatic rings. The lowest BCUT2D eigenvalue weighted by Gasteiger charge is -2.41. The fraction of sp³-hybridized carbons (Fsp3) is 0.550. The van der Waals surface area contributed by atoms with Gasteiger partial charge in [0.1, 0.15) is 0 Å². The lowest BCUT2D eigenvalue weighted by atomic mass is 9.75. The Morgan fingerprint density at radius 3 is 2.87 bits per heavy atom. The normalized spacial score (nSPS) is 24.6. The Bertz CT molecular complexity index is 690. The molecule has 1 aliphatic carbocycles. The topological polar surface area (TPSA) is 36.1 Å². The van der Waals surface area contributed by atoms with Crippen LogP contribution >= 0.6 is 0 Å². The van der Waals surface area contributed by atoms with E-state index in [0.29, 0.717) is 12.3 Å². The zero-order valence-electron chi connectivity index (χ0n) is 13.8. The van der Waals surface area contributed by atoms with E-state index in [9.17, 15) is 4.79 Å². The maximum Gasteiger partial charge on any atom is 0.222 e. The van der Waals surface area contributed by atoms with Crippen molar-refractivity contribution < 1.29 is 4.79 Å². The van der Waals surface area contributed by atoms with Gasteiger partial charge in [0.2, 0.25) is 5.91 Å². The highest BCUT2D eigenvalue weighted by Crippen LogP contribution is 2.36. The van der Waals surface area contributed by atoms with Crippen molar-refractivity contribution in [1.29, 1.82) is 0 Å². The Kier molecular flexibility index (Phi) is 4.11. The lowest BCUT2D eigenvalue weighted by Crippen LogP contribution is -2.44. The van der Waals surface area contributed by atoms with Crippen LogP contribution in [-0.4, -0.2) is 28.9 Å². The summed E-state index contributed by atoms with van der Waals surface area (Å²) in [7, 11) is 0. The zero-order valence-corrected chi connectivity index (χ0v) is 13.8. The second kappa shape index (κ2) is 6.38. The van der Waals surface area contributed by atoms with E-state index in [2.05, 4.69) is 34.3 Å². The van der Waals surface area contributed by atoms with E-state index in [0.717, 1.165) is 36.9 Å². The second-order valence-electron chi connectivity index (χ2n) is 7.29. The van der Waals surface area contributed by atoms with E-state index in [-0.39, 0.29) is 0 Å². The van der Waals surface area contributed by atoms with Gasteiger partial charge >= 0.3 is 0 Å². The van der Waals surface area contributed by atoms with Gasteiger partial charge in [-0.2, -0.15) is 0 Å². The van der Waals surface area contributed by atoms with Crippen molar-refractivity contribution in [2.45, 2.75) is 44.9 Å². The molecule has 23 heavy (non-hydrogen) atoms. The third kappa shape index (κ3) is 3.01. The van der Waals surface area contributed by atoms with Gasteiger partial charge in [0.25, 0.3) is 0 Å². The number of para-hydroxylation sites is 1. The standard InChI is InChI=1S/C20H26N2O/c23-20(22-12-11-15-5-1-2-6-17(15)14-22)10-9-16-13-21-19-8-4-3-7-18(16)19/h3-4,7-8,13,15,17,21H,1-2,5-6,9-12,14H2. The first-order valence-corrected chi connectivity index (χ1v) is 9.14. The molecule has 122 valence electrons. The highest BCUT2D eigenvalue weighted by Gasteiger charge is 2.32. The highest BCUT2D eigenvalue weighted by molar-refractivity contribution is 5.84. The van der Waals surface area contributed by atoms with Crippen molar-refractivity contribution in [1.82, 2.24) is 9.88 Å². The second-order valence-corrected chi connectivity index (χ2v) is 7.29. The van der Waals surface area contributed by atoms with Crippen molar-refractivity contribution in [3.8, 4) is 0 Å². The molecule has 0 bridgehead atoms. The Balaban J connectivity index is 1.36. The first-order chi connectivity index (χ1) is 11.3. The minimum atomic E-state index is 0.347. The number of piperidine rings is 1. The maximum atomic E-state index is 12.6. The molecule has 3 nitrogen and oxygen atoms in total. The number of hydrogen-bond donors (Lipinski definition) is 1. The number of benzene rings is 1. The molecule has 0 radical (unpaired) electrons. The maximum absolute atomic E-state index is 12.6. The molecule has 1 aliphatic heterocycles. The fourth-order valence-electron chi connectivity index (χ4n) is 4.57. The van der Waals surface area contributed by atoms with Crippen LogP contribution < -0.4 is 0 Å². The molecule has 2 aromatic rings. The van der Waals surface area contributed by atoms with E-state index in [1.165, 1.54) is 43.1 Å². The largest absolute Gasteiger partial charge is 0.361 e. The van der Waals surface area contributed by atoms with Gasteiger partial charge in [0, 0.05) is 36.6 Å². The smallest absolute Gasteiger partial charge is 0.222 e. The molecule has 1 saturated heterocycles. The molecule has 2 heterocycles. The Morgan fingerprint density at radius 2 is 1.96 bits per heavy atom. The van der Waals surface area contributed by atoms with Crippen LogP contribution in [0.4, 0.5) is 0 Å². The number of aryl methyl sites for hydroxylation is 1. The van der Waals surface area contributed by atoms with Crippen LogP contribution in [0.5, 0.6) is 0 Å². The first-order valence-electron chi connectivity index (χ1n) is 9.14. The van der Waals surface area contributed by atoms with E-state index in [1.807, 2.05) is 6.07 Å². The summed E-state index contributed by atoms with van der Waals surface area (Å²) in [5, 5.41) is 1.26. The third-order valence-electron chi connectivity index (χ3n) is 5.93. The number of carbonyl (C=O) groups is 1. The van der Waals surface area contributed by atoms with Gasteiger partial charge in [-0.15, -0.1) is 0 Å². The molecule has 2 fully saturated rings. The highest BCUT2D eigenvalue weighted by atomic mass is 16.2. The van der Waals surface area contributed by atoms with Crippen molar-refractivity contribution in [2.75, 3.05) is 13.1 Å². The van der Waals surface area contributed by atoms with Crippen LogP contribution in [-0.2, 0) is 11.2 Å². The number of amides is 1. The summed E-state index contributed by atoms with van der Waals surface area (Å²) in [4.78, 5) is 18.1. The van der Waals surface area contributed by atoms with Crippen molar-refractivity contribution >= 4 is 16.8 Å². The average Bonchev–Trinajstić information content (AvgIpc) is 3.02. The number of H-pyrrole nitrogens is 1. The number of aromatic nitrogens is 1. The summed E-state index contributed by atoms with van der Waals surface area (Å²) < 4.78 is 0. The zero-order chi connectivity index (χ0) is 15.6. The molecule has 2 unspecified atom stereocenters. The summed E-state index contributed by atoms with van der Waals surface area (Å²) in [5.74, 6) is 2.01.